The minimum absolute atomic E-state index is 0.214. The first kappa shape index (κ1) is 14.2. The molecule has 0 radical (unpaired) electrons. The normalized spacial score (nSPS) is 11.2. The second kappa shape index (κ2) is 5.34. The molecular weight excluding hydrogens is 306 g/mol. The van der Waals surface area contributed by atoms with Gasteiger partial charge in [-0.2, -0.15) is 0 Å². The van der Waals surface area contributed by atoms with Gasteiger partial charge in [-0.3, -0.25) is 4.57 Å². The fourth-order valence-corrected chi connectivity index (χ4v) is 2.68. The molecule has 0 unspecified atom stereocenters. The molecular formula is C16H15N7O. The number of H-pyrrole nitrogens is 2. The molecule has 0 aliphatic rings. The number of hydrogen-bond acceptors (Lipinski definition) is 5. The Morgan fingerprint density at radius 2 is 2.17 bits per heavy atom. The van der Waals surface area contributed by atoms with Gasteiger partial charge in [-0.1, -0.05) is 29.8 Å². The molecule has 0 spiro atoms. The number of nitrogens with one attached hydrogen (secondary N) is 2. The molecule has 0 saturated carbocycles. The number of aromatic nitrogens is 6. The van der Waals surface area contributed by atoms with Crippen LogP contribution in [0, 0.1) is 6.92 Å². The largest absolute Gasteiger partial charge is 0.382 e. The summed E-state index contributed by atoms with van der Waals surface area (Å²) in [5.41, 5.74) is 8.74. The van der Waals surface area contributed by atoms with Crippen molar-refractivity contribution in [2.75, 3.05) is 5.73 Å². The molecule has 8 nitrogen and oxygen atoms in total. The van der Waals surface area contributed by atoms with Crippen LogP contribution in [-0.2, 0) is 6.54 Å². The first-order chi connectivity index (χ1) is 11.6. The summed E-state index contributed by atoms with van der Waals surface area (Å²) in [4.78, 5) is 30.8. The van der Waals surface area contributed by atoms with Gasteiger partial charge in [0.2, 0.25) is 0 Å². The summed E-state index contributed by atoms with van der Waals surface area (Å²) < 4.78 is 1.55. The molecule has 4 N–H and O–H groups in total. The van der Waals surface area contributed by atoms with Crippen LogP contribution >= 0.6 is 0 Å². The number of anilines is 1. The quantitative estimate of drug-likeness (QED) is 0.528. The van der Waals surface area contributed by atoms with E-state index in [1.807, 2.05) is 31.2 Å². The van der Waals surface area contributed by atoms with Crippen LogP contribution in [0.3, 0.4) is 0 Å². The number of fused-ring (bicyclic) bond motifs is 1. The molecule has 1 aromatic carbocycles. The molecule has 120 valence electrons. The highest BCUT2D eigenvalue weighted by Crippen LogP contribution is 2.19. The van der Waals surface area contributed by atoms with Gasteiger partial charge in [0.25, 0.3) is 0 Å². The standard InChI is InChI=1S/C16H15N7O/c1-9-3-2-4-10(7-9)8-23-15-11(20-16(23)24)12(17)21-14(22-15)13-18-5-6-19-13/h2-7H,8H2,1H3,(H,18,19)(H,20,24)(H2,17,21,22). The highest BCUT2D eigenvalue weighted by Gasteiger charge is 2.16. The highest BCUT2D eigenvalue weighted by atomic mass is 16.1. The predicted molar refractivity (Wildman–Crippen MR) is 90.4 cm³/mol. The van der Waals surface area contributed by atoms with Crippen molar-refractivity contribution in [1.82, 2.24) is 29.5 Å². The number of aromatic amines is 2. The summed E-state index contributed by atoms with van der Waals surface area (Å²) in [5, 5.41) is 0. The molecule has 0 atom stereocenters. The van der Waals surface area contributed by atoms with E-state index < -0.39 is 0 Å². The fourth-order valence-electron chi connectivity index (χ4n) is 2.68. The minimum Gasteiger partial charge on any atom is -0.382 e. The number of benzene rings is 1. The molecule has 4 aromatic rings. The van der Waals surface area contributed by atoms with Crippen molar-refractivity contribution >= 4 is 17.0 Å². The van der Waals surface area contributed by atoms with Gasteiger partial charge < -0.3 is 15.7 Å². The number of nitrogens with zero attached hydrogens (tertiary/aromatic N) is 4. The van der Waals surface area contributed by atoms with E-state index in [2.05, 4.69) is 24.9 Å². The van der Waals surface area contributed by atoms with Gasteiger partial charge in [0, 0.05) is 12.4 Å². The maximum absolute atomic E-state index is 12.3. The smallest absolute Gasteiger partial charge is 0.328 e. The molecule has 0 aliphatic heterocycles. The first-order valence-electron chi connectivity index (χ1n) is 7.43. The third-order valence-electron chi connectivity index (χ3n) is 3.78. The van der Waals surface area contributed by atoms with Crippen LogP contribution in [-0.4, -0.2) is 29.5 Å². The fraction of sp³-hybridized carbons (Fsp3) is 0.125. The second-order valence-electron chi connectivity index (χ2n) is 5.57. The zero-order chi connectivity index (χ0) is 16.7. The van der Waals surface area contributed by atoms with Crippen LogP contribution in [0.25, 0.3) is 22.8 Å². The van der Waals surface area contributed by atoms with Crippen LogP contribution in [0.1, 0.15) is 11.1 Å². The number of rotatable bonds is 3. The lowest BCUT2D eigenvalue weighted by Crippen LogP contribution is -2.17. The molecule has 8 heteroatoms. The van der Waals surface area contributed by atoms with Crippen molar-refractivity contribution in [3.05, 3.63) is 58.3 Å². The summed E-state index contributed by atoms with van der Waals surface area (Å²) >= 11 is 0. The van der Waals surface area contributed by atoms with Gasteiger partial charge in [-0.15, -0.1) is 0 Å². The molecule has 0 bridgehead atoms. The predicted octanol–water partition coefficient (Wildman–Crippen LogP) is 1.45. The van der Waals surface area contributed by atoms with Crippen molar-refractivity contribution < 1.29 is 0 Å². The zero-order valence-electron chi connectivity index (χ0n) is 12.9. The number of hydrogen-bond donors (Lipinski definition) is 3. The molecule has 24 heavy (non-hydrogen) atoms. The van der Waals surface area contributed by atoms with Crippen molar-refractivity contribution in [3.8, 4) is 11.6 Å². The summed E-state index contributed by atoms with van der Waals surface area (Å²) in [6.07, 6.45) is 3.28. The summed E-state index contributed by atoms with van der Waals surface area (Å²) in [6, 6.07) is 7.97. The highest BCUT2D eigenvalue weighted by molar-refractivity contribution is 5.83. The monoisotopic (exact) mass is 321 g/mol. The Labute approximate surface area is 136 Å². The van der Waals surface area contributed by atoms with Gasteiger partial charge in [0.05, 0.1) is 6.54 Å². The van der Waals surface area contributed by atoms with E-state index in [1.165, 1.54) is 0 Å². The van der Waals surface area contributed by atoms with E-state index in [0.717, 1.165) is 11.1 Å². The molecule has 3 heterocycles. The van der Waals surface area contributed by atoms with Crippen LogP contribution in [0.2, 0.25) is 0 Å². The van der Waals surface area contributed by atoms with E-state index in [-0.39, 0.29) is 11.5 Å². The van der Waals surface area contributed by atoms with E-state index in [1.54, 1.807) is 17.0 Å². The third kappa shape index (κ3) is 2.34. The molecule has 3 aromatic heterocycles. The lowest BCUT2D eigenvalue weighted by Gasteiger charge is -2.05. The third-order valence-corrected chi connectivity index (χ3v) is 3.78. The second-order valence-corrected chi connectivity index (χ2v) is 5.57. The zero-order valence-corrected chi connectivity index (χ0v) is 12.9. The van der Waals surface area contributed by atoms with Gasteiger partial charge in [-0.05, 0) is 12.5 Å². The number of aryl methyl sites for hydroxylation is 1. The Morgan fingerprint density at radius 1 is 1.29 bits per heavy atom. The van der Waals surface area contributed by atoms with Gasteiger partial charge in [0.1, 0.15) is 5.52 Å². The van der Waals surface area contributed by atoms with E-state index in [4.69, 9.17) is 5.73 Å². The van der Waals surface area contributed by atoms with Crippen LogP contribution in [0.4, 0.5) is 5.82 Å². The maximum Gasteiger partial charge on any atom is 0.328 e. The Morgan fingerprint density at radius 3 is 2.92 bits per heavy atom. The van der Waals surface area contributed by atoms with Crippen molar-refractivity contribution in [1.29, 1.82) is 0 Å². The lowest BCUT2D eigenvalue weighted by atomic mass is 10.1. The number of imidazole rings is 2. The van der Waals surface area contributed by atoms with Crippen molar-refractivity contribution in [2.24, 2.45) is 0 Å². The average molecular weight is 321 g/mol. The van der Waals surface area contributed by atoms with E-state index in [0.29, 0.717) is 29.4 Å². The molecule has 0 fully saturated rings. The van der Waals surface area contributed by atoms with Crippen LogP contribution < -0.4 is 11.4 Å². The summed E-state index contributed by atoms with van der Waals surface area (Å²) in [6.45, 7) is 2.41. The minimum atomic E-state index is -0.274. The lowest BCUT2D eigenvalue weighted by molar-refractivity contribution is 0.777. The molecule has 4 rings (SSSR count). The number of nitrogens with two attached hydrogens (primary N) is 1. The Balaban J connectivity index is 1.89. The Bertz CT molecular complexity index is 1080. The Kier molecular flexibility index (Phi) is 3.16. The van der Waals surface area contributed by atoms with Gasteiger partial charge in [-0.25, -0.2) is 19.7 Å². The van der Waals surface area contributed by atoms with Gasteiger partial charge in [0.15, 0.2) is 23.1 Å². The average Bonchev–Trinajstić information content (AvgIpc) is 3.18. The van der Waals surface area contributed by atoms with Crippen LogP contribution in [0.5, 0.6) is 0 Å². The maximum atomic E-state index is 12.3. The van der Waals surface area contributed by atoms with Gasteiger partial charge >= 0.3 is 5.69 Å². The van der Waals surface area contributed by atoms with E-state index >= 15 is 0 Å². The molecule has 0 aliphatic carbocycles. The SMILES string of the molecule is Cc1cccc(Cn2c(=O)[nH]c3c(N)nc(-c4ncc[nH]4)nc32)c1. The van der Waals surface area contributed by atoms with Crippen molar-refractivity contribution in [3.63, 3.8) is 0 Å². The number of nitrogen functional groups attached to an aromatic ring is 1. The molecule has 0 amide bonds. The van der Waals surface area contributed by atoms with E-state index in [9.17, 15) is 4.79 Å². The summed E-state index contributed by atoms with van der Waals surface area (Å²) in [5.74, 6) is 1.06. The van der Waals surface area contributed by atoms with Crippen LogP contribution in [0.15, 0.2) is 41.5 Å². The Hall–Kier alpha value is -3.42. The topological polar surface area (TPSA) is 118 Å². The van der Waals surface area contributed by atoms with Crippen molar-refractivity contribution in [2.45, 2.75) is 13.5 Å². The molecule has 0 saturated heterocycles. The summed E-state index contributed by atoms with van der Waals surface area (Å²) in [7, 11) is 0. The first-order valence-corrected chi connectivity index (χ1v) is 7.43.